The van der Waals surface area contributed by atoms with Gasteiger partial charge in [0, 0.05) is 12.5 Å². The topological polar surface area (TPSA) is 110 Å². The largest absolute Gasteiger partial charge is 0.394 e. The molecule has 4 rings (SSSR count). The lowest BCUT2D eigenvalue weighted by molar-refractivity contribution is -0.132. The number of aliphatic hydroxyl groups is 2. The van der Waals surface area contributed by atoms with Crippen molar-refractivity contribution in [2.24, 2.45) is 5.92 Å². The van der Waals surface area contributed by atoms with Crippen molar-refractivity contribution < 1.29 is 19.7 Å². The van der Waals surface area contributed by atoms with E-state index in [1.807, 2.05) is 6.20 Å². The quantitative estimate of drug-likeness (QED) is 0.635. The van der Waals surface area contributed by atoms with E-state index in [-0.39, 0.29) is 36.7 Å². The highest BCUT2D eigenvalue weighted by Crippen LogP contribution is 2.37. The van der Waals surface area contributed by atoms with Gasteiger partial charge in [-0.25, -0.2) is 0 Å². The Morgan fingerprint density at radius 1 is 1.21 bits per heavy atom. The zero-order valence-corrected chi connectivity index (χ0v) is 17.1. The molecule has 3 aliphatic rings. The van der Waals surface area contributed by atoms with Crippen LogP contribution in [0.5, 0.6) is 0 Å². The van der Waals surface area contributed by atoms with Crippen molar-refractivity contribution in [2.75, 3.05) is 6.61 Å². The van der Waals surface area contributed by atoms with E-state index in [2.05, 4.69) is 15.6 Å². The fourth-order valence-electron chi connectivity index (χ4n) is 5.11. The second-order valence-electron chi connectivity index (χ2n) is 9.05. The third kappa shape index (κ3) is 4.81. The summed E-state index contributed by atoms with van der Waals surface area (Å²) in [4.78, 5) is 12.4. The number of carbonyl (C=O) groups is 1. The highest BCUT2D eigenvalue weighted by molar-refractivity contribution is 5.79. The van der Waals surface area contributed by atoms with Gasteiger partial charge < -0.3 is 20.3 Å². The minimum absolute atomic E-state index is 0.0222. The van der Waals surface area contributed by atoms with Gasteiger partial charge >= 0.3 is 0 Å². The summed E-state index contributed by atoms with van der Waals surface area (Å²) >= 11 is 0. The summed E-state index contributed by atoms with van der Waals surface area (Å²) in [6.45, 7) is 0.567. The first-order valence-electron chi connectivity index (χ1n) is 11.3. The number of nitrogens with one attached hydrogen (secondary N) is 1. The first-order chi connectivity index (χ1) is 14.1. The molecule has 1 aromatic heterocycles. The molecule has 29 heavy (non-hydrogen) atoms. The van der Waals surface area contributed by atoms with E-state index >= 15 is 0 Å². The minimum atomic E-state index is -0.813. The number of ether oxygens (including phenoxy) is 1. The SMILES string of the molecule is O=C(N[C@H]1CC[C@@H](CCn2cc(C3(O)CCCC3)nn2)O[C@@H]1CO)C1CCCC1. The fourth-order valence-corrected chi connectivity index (χ4v) is 5.11. The van der Waals surface area contributed by atoms with Gasteiger partial charge in [-0.15, -0.1) is 5.10 Å². The fraction of sp³-hybridized carbons (Fsp3) is 0.857. The Morgan fingerprint density at radius 3 is 2.69 bits per heavy atom. The molecular weight excluding hydrogens is 372 g/mol. The molecule has 8 heteroatoms. The molecule has 3 fully saturated rings. The summed E-state index contributed by atoms with van der Waals surface area (Å²) in [5, 5.41) is 31.9. The molecule has 1 aliphatic heterocycles. The van der Waals surface area contributed by atoms with Gasteiger partial charge in [0.05, 0.1) is 24.9 Å². The Bertz CT molecular complexity index is 682. The molecule has 1 saturated heterocycles. The molecule has 1 aromatic rings. The number of amides is 1. The molecule has 0 aromatic carbocycles. The third-order valence-corrected chi connectivity index (χ3v) is 6.98. The first kappa shape index (κ1) is 20.8. The minimum Gasteiger partial charge on any atom is -0.394 e. The summed E-state index contributed by atoms with van der Waals surface area (Å²) in [5.41, 5.74) is -0.144. The molecule has 0 radical (unpaired) electrons. The second-order valence-corrected chi connectivity index (χ2v) is 9.05. The van der Waals surface area contributed by atoms with Crippen molar-refractivity contribution in [1.82, 2.24) is 20.3 Å². The summed E-state index contributed by atoms with van der Waals surface area (Å²) in [6, 6.07) is -0.112. The smallest absolute Gasteiger partial charge is 0.223 e. The van der Waals surface area contributed by atoms with E-state index in [0.29, 0.717) is 12.2 Å². The van der Waals surface area contributed by atoms with Gasteiger partial charge in [-0.2, -0.15) is 0 Å². The van der Waals surface area contributed by atoms with Crippen molar-refractivity contribution >= 4 is 5.91 Å². The normalized spacial score (nSPS) is 29.9. The van der Waals surface area contributed by atoms with Crippen molar-refractivity contribution in [3.63, 3.8) is 0 Å². The average molecular weight is 407 g/mol. The zero-order valence-electron chi connectivity index (χ0n) is 17.1. The van der Waals surface area contributed by atoms with Gasteiger partial charge in [-0.1, -0.05) is 30.9 Å². The van der Waals surface area contributed by atoms with Crippen LogP contribution in [0, 0.1) is 5.92 Å². The molecule has 0 unspecified atom stereocenters. The van der Waals surface area contributed by atoms with Crippen LogP contribution in [0.3, 0.4) is 0 Å². The maximum atomic E-state index is 12.4. The predicted octanol–water partition coefficient (Wildman–Crippen LogP) is 1.64. The lowest BCUT2D eigenvalue weighted by Gasteiger charge is -2.36. The Balaban J connectivity index is 1.26. The zero-order chi connectivity index (χ0) is 20.3. The number of hydrogen-bond acceptors (Lipinski definition) is 6. The standard InChI is InChI=1S/C21H34N4O4/c26-14-18-17(22-20(27)15-5-1-2-6-15)8-7-16(29-18)9-12-25-13-19(23-24-25)21(28)10-3-4-11-21/h13,15-18,26,28H,1-12,14H2,(H,22,27)/t16-,17-,18+/m0/s1. The van der Waals surface area contributed by atoms with Gasteiger partial charge in [-0.05, 0) is 44.9 Å². The van der Waals surface area contributed by atoms with Crippen LogP contribution >= 0.6 is 0 Å². The summed E-state index contributed by atoms with van der Waals surface area (Å²) < 4.78 is 7.86. The van der Waals surface area contributed by atoms with Crippen LogP contribution in [0.4, 0.5) is 0 Å². The number of aryl methyl sites for hydroxylation is 1. The van der Waals surface area contributed by atoms with Crippen LogP contribution in [-0.4, -0.2) is 56.0 Å². The van der Waals surface area contributed by atoms with Gasteiger partial charge in [0.1, 0.15) is 17.4 Å². The van der Waals surface area contributed by atoms with Gasteiger partial charge in [0.25, 0.3) is 0 Å². The molecule has 2 heterocycles. The Morgan fingerprint density at radius 2 is 1.97 bits per heavy atom. The number of aliphatic hydroxyl groups excluding tert-OH is 1. The van der Waals surface area contributed by atoms with Gasteiger partial charge in [-0.3, -0.25) is 9.48 Å². The summed E-state index contributed by atoms with van der Waals surface area (Å²) in [5.74, 6) is 0.247. The Labute approximate surface area is 172 Å². The molecular formula is C21H34N4O4. The highest BCUT2D eigenvalue weighted by Gasteiger charge is 2.36. The lowest BCUT2D eigenvalue weighted by atomic mass is 9.96. The van der Waals surface area contributed by atoms with Crippen molar-refractivity contribution in [2.45, 2.75) is 101 Å². The molecule has 1 amide bonds. The van der Waals surface area contributed by atoms with Crippen molar-refractivity contribution in [3.8, 4) is 0 Å². The molecule has 3 N–H and O–H groups in total. The van der Waals surface area contributed by atoms with Crippen LogP contribution in [0.1, 0.15) is 76.3 Å². The van der Waals surface area contributed by atoms with E-state index in [4.69, 9.17) is 4.74 Å². The number of aromatic nitrogens is 3. The van der Waals surface area contributed by atoms with Crippen LogP contribution in [0.2, 0.25) is 0 Å². The lowest BCUT2D eigenvalue weighted by Crippen LogP contribution is -2.52. The molecule has 3 atom stereocenters. The van der Waals surface area contributed by atoms with Crippen molar-refractivity contribution in [3.05, 3.63) is 11.9 Å². The van der Waals surface area contributed by atoms with E-state index in [9.17, 15) is 15.0 Å². The molecule has 0 bridgehead atoms. The van der Waals surface area contributed by atoms with Crippen LogP contribution in [0.15, 0.2) is 6.20 Å². The third-order valence-electron chi connectivity index (χ3n) is 6.98. The molecule has 0 spiro atoms. The van der Waals surface area contributed by atoms with E-state index in [1.165, 1.54) is 0 Å². The molecule has 2 saturated carbocycles. The van der Waals surface area contributed by atoms with Crippen LogP contribution < -0.4 is 5.32 Å². The first-order valence-corrected chi connectivity index (χ1v) is 11.3. The molecule has 162 valence electrons. The molecule has 8 nitrogen and oxygen atoms in total. The Kier molecular flexibility index (Phi) is 6.51. The number of nitrogens with zero attached hydrogens (tertiary/aromatic N) is 3. The number of rotatable bonds is 7. The van der Waals surface area contributed by atoms with Gasteiger partial charge in [0.2, 0.25) is 5.91 Å². The summed E-state index contributed by atoms with van der Waals surface area (Å²) in [6.07, 6.45) is 11.7. The molecule has 2 aliphatic carbocycles. The Hall–Kier alpha value is -1.51. The van der Waals surface area contributed by atoms with Gasteiger partial charge in [0.15, 0.2) is 0 Å². The number of carbonyl (C=O) groups excluding carboxylic acids is 1. The maximum Gasteiger partial charge on any atom is 0.223 e. The maximum absolute atomic E-state index is 12.4. The van der Waals surface area contributed by atoms with Crippen molar-refractivity contribution in [1.29, 1.82) is 0 Å². The predicted molar refractivity (Wildman–Crippen MR) is 106 cm³/mol. The van der Waals surface area contributed by atoms with E-state index in [1.54, 1.807) is 4.68 Å². The highest BCUT2D eigenvalue weighted by atomic mass is 16.5. The van der Waals surface area contributed by atoms with E-state index in [0.717, 1.165) is 70.6 Å². The van der Waals surface area contributed by atoms with E-state index < -0.39 is 5.60 Å². The second kappa shape index (κ2) is 9.10. The average Bonchev–Trinajstić information content (AvgIpc) is 3.49. The summed E-state index contributed by atoms with van der Waals surface area (Å²) in [7, 11) is 0. The number of hydrogen-bond donors (Lipinski definition) is 3. The monoisotopic (exact) mass is 406 g/mol. The van der Waals surface area contributed by atoms with Crippen LogP contribution in [-0.2, 0) is 21.7 Å². The van der Waals surface area contributed by atoms with Crippen LogP contribution in [0.25, 0.3) is 0 Å².